The van der Waals surface area contributed by atoms with Crippen LogP contribution in [0.15, 0.2) is 0 Å². The van der Waals surface area contributed by atoms with E-state index < -0.39 is 11.2 Å². The molecule has 0 saturated carbocycles. The standard InChI is InChI=1S/C8H13F3N4S/c1-5(3-12)4-15(2)7-14-13-6(16-7)8(9,10)11/h5H,3-4,12H2,1-2H3. The fraction of sp³-hybridized carbons (Fsp3) is 0.750. The molecule has 2 N–H and O–H groups in total. The van der Waals surface area contributed by atoms with Gasteiger partial charge in [0.2, 0.25) is 10.1 Å². The van der Waals surface area contributed by atoms with Gasteiger partial charge in [0.15, 0.2) is 0 Å². The Morgan fingerprint density at radius 3 is 2.50 bits per heavy atom. The molecule has 1 aromatic heterocycles. The summed E-state index contributed by atoms with van der Waals surface area (Å²) in [6.45, 7) is 2.96. The number of halogens is 3. The number of anilines is 1. The molecule has 8 heteroatoms. The molecule has 16 heavy (non-hydrogen) atoms. The number of nitrogens with two attached hydrogens (primary N) is 1. The van der Waals surface area contributed by atoms with Crippen molar-refractivity contribution in [1.82, 2.24) is 10.2 Å². The molecular formula is C8H13F3N4S. The van der Waals surface area contributed by atoms with Gasteiger partial charge in [0, 0.05) is 13.6 Å². The van der Waals surface area contributed by atoms with Crippen molar-refractivity contribution in [3.8, 4) is 0 Å². The topological polar surface area (TPSA) is 55.0 Å². The molecule has 1 rings (SSSR count). The second-order valence-corrected chi connectivity index (χ2v) is 4.56. The highest BCUT2D eigenvalue weighted by Crippen LogP contribution is 2.34. The Morgan fingerprint density at radius 1 is 1.44 bits per heavy atom. The van der Waals surface area contributed by atoms with Crippen LogP contribution in [0.4, 0.5) is 18.3 Å². The molecule has 1 aromatic rings. The fourth-order valence-corrected chi connectivity index (χ4v) is 1.79. The van der Waals surface area contributed by atoms with Crippen LogP contribution in [0.2, 0.25) is 0 Å². The van der Waals surface area contributed by atoms with E-state index in [-0.39, 0.29) is 11.0 Å². The van der Waals surface area contributed by atoms with Gasteiger partial charge in [-0.3, -0.25) is 0 Å². The third-order valence-corrected chi connectivity index (χ3v) is 3.05. The van der Waals surface area contributed by atoms with Crippen LogP contribution in [0.1, 0.15) is 11.9 Å². The summed E-state index contributed by atoms with van der Waals surface area (Å²) < 4.78 is 36.8. The smallest absolute Gasteiger partial charge is 0.349 e. The molecule has 1 heterocycles. The Labute approximate surface area is 95.3 Å². The average molecular weight is 254 g/mol. The summed E-state index contributed by atoms with van der Waals surface area (Å²) in [7, 11) is 1.67. The zero-order valence-corrected chi connectivity index (χ0v) is 9.77. The quantitative estimate of drug-likeness (QED) is 0.886. The van der Waals surface area contributed by atoms with Gasteiger partial charge in [-0.15, -0.1) is 10.2 Å². The fourth-order valence-electron chi connectivity index (χ4n) is 1.10. The number of alkyl halides is 3. The summed E-state index contributed by atoms with van der Waals surface area (Å²) in [5, 5.41) is 5.95. The first-order valence-corrected chi connectivity index (χ1v) is 5.48. The van der Waals surface area contributed by atoms with Crippen LogP contribution in [0.5, 0.6) is 0 Å². The van der Waals surface area contributed by atoms with Crippen molar-refractivity contribution in [2.45, 2.75) is 13.1 Å². The van der Waals surface area contributed by atoms with Crippen LogP contribution in [-0.4, -0.2) is 30.3 Å². The van der Waals surface area contributed by atoms with E-state index in [0.717, 1.165) is 0 Å². The lowest BCUT2D eigenvalue weighted by atomic mass is 10.2. The third-order valence-electron chi connectivity index (χ3n) is 1.97. The minimum absolute atomic E-state index is 0.197. The molecule has 4 nitrogen and oxygen atoms in total. The summed E-state index contributed by atoms with van der Waals surface area (Å²) in [5.41, 5.74) is 5.43. The molecule has 0 spiro atoms. The highest BCUT2D eigenvalue weighted by molar-refractivity contribution is 7.15. The molecule has 0 amide bonds. The maximum atomic E-state index is 12.3. The van der Waals surface area contributed by atoms with Crippen molar-refractivity contribution < 1.29 is 13.2 Å². The number of hydrogen-bond donors (Lipinski definition) is 1. The number of aromatic nitrogens is 2. The molecule has 1 atom stereocenters. The highest BCUT2D eigenvalue weighted by Gasteiger charge is 2.36. The Morgan fingerprint density at radius 2 is 2.06 bits per heavy atom. The Kier molecular flexibility index (Phi) is 4.09. The molecular weight excluding hydrogens is 241 g/mol. The van der Waals surface area contributed by atoms with Gasteiger partial charge in [-0.2, -0.15) is 13.2 Å². The molecule has 1 unspecified atom stereocenters. The molecule has 0 aliphatic carbocycles. The maximum Gasteiger partial charge on any atom is 0.445 e. The van der Waals surface area contributed by atoms with E-state index in [1.165, 1.54) is 0 Å². The van der Waals surface area contributed by atoms with Gasteiger partial charge >= 0.3 is 6.18 Å². The molecule has 0 radical (unpaired) electrons. The van der Waals surface area contributed by atoms with Crippen molar-refractivity contribution in [2.24, 2.45) is 11.7 Å². The first-order valence-electron chi connectivity index (χ1n) is 4.66. The van der Waals surface area contributed by atoms with E-state index in [1.807, 2.05) is 6.92 Å². The van der Waals surface area contributed by atoms with Crippen molar-refractivity contribution in [3.05, 3.63) is 5.01 Å². The van der Waals surface area contributed by atoms with E-state index in [4.69, 9.17) is 5.73 Å². The predicted molar refractivity (Wildman–Crippen MR) is 56.4 cm³/mol. The average Bonchev–Trinajstić information content (AvgIpc) is 2.65. The second kappa shape index (κ2) is 4.96. The first-order chi connectivity index (χ1) is 7.34. The molecule has 0 aliphatic heterocycles. The Hall–Kier alpha value is -0.890. The van der Waals surface area contributed by atoms with E-state index in [0.29, 0.717) is 24.4 Å². The lowest BCUT2D eigenvalue weighted by Crippen LogP contribution is -2.28. The van der Waals surface area contributed by atoms with Crippen molar-refractivity contribution in [3.63, 3.8) is 0 Å². The molecule has 0 saturated heterocycles. The van der Waals surface area contributed by atoms with E-state index in [1.54, 1.807) is 11.9 Å². The number of rotatable bonds is 4. The van der Waals surface area contributed by atoms with Gasteiger partial charge in [0.1, 0.15) is 0 Å². The van der Waals surface area contributed by atoms with E-state index in [9.17, 15) is 13.2 Å². The van der Waals surface area contributed by atoms with Crippen LogP contribution in [0.25, 0.3) is 0 Å². The van der Waals surface area contributed by atoms with Crippen LogP contribution in [0.3, 0.4) is 0 Å². The molecule has 0 aromatic carbocycles. The summed E-state index contributed by atoms with van der Waals surface area (Å²) in [6, 6.07) is 0. The van der Waals surface area contributed by atoms with Gasteiger partial charge in [-0.1, -0.05) is 18.3 Å². The molecule has 0 bridgehead atoms. The molecule has 92 valence electrons. The summed E-state index contributed by atoms with van der Waals surface area (Å²) in [5.74, 6) is 0.197. The third kappa shape index (κ3) is 3.31. The van der Waals surface area contributed by atoms with Gasteiger partial charge in [0.05, 0.1) is 0 Å². The summed E-state index contributed by atoms with van der Waals surface area (Å²) in [6.07, 6.45) is -4.42. The van der Waals surface area contributed by atoms with Crippen molar-refractivity contribution in [2.75, 3.05) is 25.0 Å². The zero-order chi connectivity index (χ0) is 12.3. The van der Waals surface area contributed by atoms with Crippen LogP contribution < -0.4 is 10.6 Å². The Balaban J connectivity index is 2.71. The highest BCUT2D eigenvalue weighted by atomic mass is 32.1. The summed E-state index contributed by atoms with van der Waals surface area (Å²) in [4.78, 5) is 1.63. The van der Waals surface area contributed by atoms with Crippen LogP contribution in [-0.2, 0) is 6.18 Å². The zero-order valence-electron chi connectivity index (χ0n) is 8.95. The minimum atomic E-state index is -4.42. The molecule has 0 fully saturated rings. The molecule has 0 aliphatic rings. The normalized spacial score (nSPS) is 13.9. The monoisotopic (exact) mass is 254 g/mol. The predicted octanol–water partition coefficient (Wildman–Crippen LogP) is 1.59. The SMILES string of the molecule is CC(CN)CN(C)c1nnc(C(F)(F)F)s1. The lowest BCUT2D eigenvalue weighted by molar-refractivity contribution is -0.138. The van der Waals surface area contributed by atoms with Gasteiger partial charge < -0.3 is 10.6 Å². The maximum absolute atomic E-state index is 12.3. The van der Waals surface area contributed by atoms with Crippen LogP contribution in [0, 0.1) is 5.92 Å². The minimum Gasteiger partial charge on any atom is -0.349 e. The summed E-state index contributed by atoms with van der Waals surface area (Å²) >= 11 is 0.538. The van der Waals surface area contributed by atoms with Gasteiger partial charge in [-0.05, 0) is 12.5 Å². The Bertz CT molecular complexity index is 338. The van der Waals surface area contributed by atoms with Gasteiger partial charge in [-0.25, -0.2) is 0 Å². The number of nitrogens with zero attached hydrogens (tertiary/aromatic N) is 3. The van der Waals surface area contributed by atoms with E-state index in [2.05, 4.69) is 10.2 Å². The largest absolute Gasteiger partial charge is 0.445 e. The van der Waals surface area contributed by atoms with Gasteiger partial charge in [0.25, 0.3) is 0 Å². The second-order valence-electron chi connectivity index (χ2n) is 3.61. The number of hydrogen-bond acceptors (Lipinski definition) is 5. The van der Waals surface area contributed by atoms with Crippen molar-refractivity contribution in [1.29, 1.82) is 0 Å². The van der Waals surface area contributed by atoms with E-state index >= 15 is 0 Å². The first kappa shape index (κ1) is 13.2. The lowest BCUT2D eigenvalue weighted by Gasteiger charge is -2.18. The van der Waals surface area contributed by atoms with Crippen molar-refractivity contribution >= 4 is 16.5 Å². The van der Waals surface area contributed by atoms with Crippen LogP contribution >= 0.6 is 11.3 Å².